The maximum Gasteiger partial charge on any atom is 0.247 e. The van der Waals surface area contributed by atoms with Crippen molar-refractivity contribution in [2.24, 2.45) is 0 Å². The van der Waals surface area contributed by atoms with E-state index < -0.39 is 5.92 Å². The molecule has 0 spiro atoms. The van der Waals surface area contributed by atoms with Gasteiger partial charge in [0.25, 0.3) is 0 Å². The highest BCUT2D eigenvalue weighted by atomic mass is 19.3. The summed E-state index contributed by atoms with van der Waals surface area (Å²) in [5.74, 6) is -2.42. The molecule has 0 radical (unpaired) electrons. The van der Waals surface area contributed by atoms with Crippen molar-refractivity contribution in [3.8, 4) is 0 Å². The van der Waals surface area contributed by atoms with E-state index in [1.54, 1.807) is 0 Å². The SMILES string of the molecule is CCC(F)(F)CC.CCCC.F.F. The Morgan fingerprint density at radius 1 is 0.769 bits per heavy atom. The van der Waals surface area contributed by atoms with Crippen LogP contribution in [0, 0.1) is 0 Å². The molecule has 0 aromatic heterocycles. The highest BCUT2D eigenvalue weighted by Gasteiger charge is 2.21. The summed E-state index contributed by atoms with van der Waals surface area (Å²) < 4.78 is 23.8. The third-order valence-electron chi connectivity index (χ3n) is 1.53. The van der Waals surface area contributed by atoms with Crippen molar-refractivity contribution in [1.82, 2.24) is 0 Å². The number of hydrogen-bond donors (Lipinski definition) is 0. The van der Waals surface area contributed by atoms with Gasteiger partial charge < -0.3 is 0 Å². The van der Waals surface area contributed by atoms with Crippen LogP contribution in [0.2, 0.25) is 0 Å². The van der Waals surface area contributed by atoms with Crippen LogP contribution in [-0.4, -0.2) is 5.92 Å². The van der Waals surface area contributed by atoms with Crippen molar-refractivity contribution in [2.45, 2.75) is 59.3 Å². The number of rotatable bonds is 3. The van der Waals surface area contributed by atoms with Crippen LogP contribution in [0.5, 0.6) is 0 Å². The first-order valence-corrected chi connectivity index (χ1v) is 4.41. The average molecular weight is 206 g/mol. The van der Waals surface area contributed by atoms with E-state index in [2.05, 4.69) is 13.8 Å². The van der Waals surface area contributed by atoms with Gasteiger partial charge in [-0.25, -0.2) is 8.78 Å². The monoisotopic (exact) mass is 206 g/mol. The molecule has 0 saturated carbocycles. The molecule has 0 saturated heterocycles. The molecule has 0 aliphatic heterocycles. The molecule has 13 heavy (non-hydrogen) atoms. The average Bonchev–Trinajstić information content (AvgIpc) is 2.05. The summed E-state index contributed by atoms with van der Waals surface area (Å²) >= 11 is 0. The first-order valence-electron chi connectivity index (χ1n) is 4.41. The second kappa shape index (κ2) is 14.3. The molecular formula is C9H22F4. The van der Waals surface area contributed by atoms with Crippen LogP contribution in [-0.2, 0) is 0 Å². The predicted molar refractivity (Wildman–Crippen MR) is 51.1 cm³/mol. The normalized spacial score (nSPS) is 8.77. The van der Waals surface area contributed by atoms with E-state index in [1.165, 1.54) is 26.7 Å². The Kier molecular flexibility index (Phi) is 25.2. The summed E-state index contributed by atoms with van der Waals surface area (Å²) in [6, 6.07) is 0. The van der Waals surface area contributed by atoms with Gasteiger partial charge >= 0.3 is 0 Å². The lowest BCUT2D eigenvalue weighted by Crippen LogP contribution is -2.10. The number of hydrogen-bond acceptors (Lipinski definition) is 0. The van der Waals surface area contributed by atoms with E-state index in [4.69, 9.17) is 0 Å². The topological polar surface area (TPSA) is 0 Å². The van der Waals surface area contributed by atoms with Crippen molar-refractivity contribution >= 4 is 0 Å². The van der Waals surface area contributed by atoms with Crippen molar-refractivity contribution in [1.29, 1.82) is 0 Å². The van der Waals surface area contributed by atoms with Crippen LogP contribution in [0.3, 0.4) is 0 Å². The minimum absolute atomic E-state index is 0. The van der Waals surface area contributed by atoms with Crippen LogP contribution < -0.4 is 0 Å². The summed E-state index contributed by atoms with van der Waals surface area (Å²) in [7, 11) is 0. The Morgan fingerprint density at radius 2 is 1.00 bits per heavy atom. The molecule has 0 N–H and O–H groups in total. The van der Waals surface area contributed by atoms with Gasteiger partial charge in [0.2, 0.25) is 5.92 Å². The lowest BCUT2D eigenvalue weighted by molar-refractivity contribution is -0.00646. The van der Waals surface area contributed by atoms with Crippen LogP contribution in [0.15, 0.2) is 0 Å². The van der Waals surface area contributed by atoms with E-state index in [0.29, 0.717) is 0 Å². The molecule has 0 heterocycles. The quantitative estimate of drug-likeness (QED) is 0.594. The van der Waals surface area contributed by atoms with Gasteiger partial charge in [-0.3, -0.25) is 9.41 Å². The maximum absolute atomic E-state index is 11.9. The smallest absolute Gasteiger partial charge is 0.247 e. The Labute approximate surface area is 78.5 Å². The zero-order chi connectivity index (χ0) is 9.33. The first-order chi connectivity index (χ1) is 5.04. The summed E-state index contributed by atoms with van der Waals surface area (Å²) in [5.41, 5.74) is 0. The van der Waals surface area contributed by atoms with Gasteiger partial charge in [0.15, 0.2) is 0 Å². The van der Waals surface area contributed by atoms with Crippen LogP contribution in [0.4, 0.5) is 18.2 Å². The lowest BCUT2D eigenvalue weighted by Gasteiger charge is -2.08. The minimum atomic E-state index is -2.42. The molecule has 0 aromatic carbocycles. The van der Waals surface area contributed by atoms with Crippen molar-refractivity contribution < 1.29 is 18.2 Å². The van der Waals surface area contributed by atoms with Crippen LogP contribution in [0.1, 0.15) is 53.4 Å². The molecule has 0 fully saturated rings. The van der Waals surface area contributed by atoms with Gasteiger partial charge in [0, 0.05) is 12.8 Å². The Morgan fingerprint density at radius 3 is 1.00 bits per heavy atom. The Hall–Kier alpha value is -0.280. The Balaban J connectivity index is -0.0000000600. The molecule has 0 rings (SSSR count). The fourth-order valence-electron chi connectivity index (χ4n) is 0.250. The van der Waals surface area contributed by atoms with Gasteiger partial charge in [-0.05, 0) is 0 Å². The van der Waals surface area contributed by atoms with E-state index in [1.807, 2.05) is 0 Å². The summed E-state index contributed by atoms with van der Waals surface area (Å²) in [6.07, 6.45) is 2.56. The molecule has 0 bridgehead atoms. The van der Waals surface area contributed by atoms with E-state index in [-0.39, 0.29) is 22.3 Å². The van der Waals surface area contributed by atoms with Crippen molar-refractivity contribution in [3.63, 3.8) is 0 Å². The summed E-state index contributed by atoms with van der Waals surface area (Å²) in [5, 5.41) is 0. The second-order valence-corrected chi connectivity index (χ2v) is 2.56. The molecule has 0 aliphatic rings. The summed E-state index contributed by atoms with van der Waals surface area (Å²) in [6.45, 7) is 7.34. The third kappa shape index (κ3) is 24.5. The molecular weight excluding hydrogens is 184 g/mol. The largest absolute Gasteiger partial charge is 0.269 e. The van der Waals surface area contributed by atoms with Crippen LogP contribution >= 0.6 is 0 Å². The third-order valence-corrected chi connectivity index (χ3v) is 1.53. The van der Waals surface area contributed by atoms with Crippen molar-refractivity contribution in [2.75, 3.05) is 0 Å². The molecule has 86 valence electrons. The molecule has 4 heteroatoms. The zero-order valence-corrected chi connectivity index (χ0v) is 8.90. The van der Waals surface area contributed by atoms with E-state index >= 15 is 0 Å². The van der Waals surface area contributed by atoms with Gasteiger partial charge in [-0.15, -0.1) is 0 Å². The second-order valence-electron chi connectivity index (χ2n) is 2.56. The Bertz CT molecular complexity index is 66.0. The fourth-order valence-corrected chi connectivity index (χ4v) is 0.250. The maximum atomic E-state index is 11.9. The fraction of sp³-hybridized carbons (Fsp3) is 1.00. The van der Waals surface area contributed by atoms with Crippen LogP contribution in [0.25, 0.3) is 0 Å². The number of alkyl halides is 2. The van der Waals surface area contributed by atoms with Gasteiger partial charge in [0.05, 0.1) is 0 Å². The number of halogens is 4. The van der Waals surface area contributed by atoms with E-state index in [0.717, 1.165) is 0 Å². The van der Waals surface area contributed by atoms with E-state index in [9.17, 15) is 8.78 Å². The predicted octanol–water partition coefficient (Wildman–Crippen LogP) is 4.55. The number of unbranched alkanes of at least 4 members (excludes halogenated alkanes) is 1. The van der Waals surface area contributed by atoms with Gasteiger partial charge in [-0.1, -0.05) is 40.5 Å². The zero-order valence-electron chi connectivity index (χ0n) is 8.90. The summed E-state index contributed by atoms with van der Waals surface area (Å²) in [4.78, 5) is 0. The lowest BCUT2D eigenvalue weighted by atomic mass is 10.2. The molecule has 0 aliphatic carbocycles. The highest BCUT2D eigenvalue weighted by Crippen LogP contribution is 2.20. The van der Waals surface area contributed by atoms with Crippen molar-refractivity contribution in [3.05, 3.63) is 0 Å². The van der Waals surface area contributed by atoms with Gasteiger partial charge in [0.1, 0.15) is 0 Å². The highest BCUT2D eigenvalue weighted by molar-refractivity contribution is 4.57. The molecule has 0 atom stereocenters. The standard InChI is InChI=1S/C5H10F2.C4H10.2FH/c1-3-5(6,7)4-2;1-3-4-2;;/h3-4H2,1-2H3;3-4H2,1-2H3;2*1H. The van der Waals surface area contributed by atoms with Gasteiger partial charge in [-0.2, -0.15) is 0 Å². The molecule has 0 nitrogen and oxygen atoms in total. The molecule has 0 amide bonds. The first kappa shape index (κ1) is 23.0. The molecule has 0 unspecified atom stereocenters. The minimum Gasteiger partial charge on any atom is -0.269 e. The molecule has 0 aromatic rings.